The average molecular weight is 480 g/mol. The fourth-order valence-electron chi connectivity index (χ4n) is 3.29. The summed E-state index contributed by atoms with van der Waals surface area (Å²) in [6.07, 6.45) is 6.31. The number of aromatic nitrogens is 6. The fraction of sp³-hybridized carbons (Fsp3) is 0.217. The number of nitrogens with one attached hydrogen (secondary N) is 1. The van der Waals surface area contributed by atoms with Crippen LogP contribution in [0.3, 0.4) is 0 Å². The summed E-state index contributed by atoms with van der Waals surface area (Å²) in [5, 5.41) is 11.9. The molecule has 3 aromatic heterocycles. The number of nitrogens with zero attached hydrogens (tertiary/aromatic N) is 6. The van der Waals surface area contributed by atoms with Crippen LogP contribution in [0.4, 0.5) is 0 Å². The van der Waals surface area contributed by atoms with E-state index in [9.17, 15) is 9.59 Å². The molecule has 0 saturated heterocycles. The summed E-state index contributed by atoms with van der Waals surface area (Å²) in [5.41, 5.74) is 1.48. The second-order valence-electron chi connectivity index (χ2n) is 7.66. The van der Waals surface area contributed by atoms with Crippen molar-refractivity contribution in [2.75, 3.05) is 13.7 Å². The normalized spacial score (nSPS) is 11.9. The zero-order chi connectivity index (χ0) is 24.2. The number of hydrogen-bond acceptors (Lipinski definition) is 7. The third-order valence-electron chi connectivity index (χ3n) is 4.94. The van der Waals surface area contributed by atoms with Crippen LogP contribution in [0, 0.1) is 0 Å². The third-order valence-corrected chi connectivity index (χ3v) is 5.19. The smallest absolute Gasteiger partial charge is 0.284 e. The molecule has 0 bridgehead atoms. The topological polar surface area (TPSA) is 117 Å². The molecule has 0 saturated carbocycles. The van der Waals surface area contributed by atoms with Gasteiger partial charge >= 0.3 is 0 Å². The summed E-state index contributed by atoms with van der Waals surface area (Å²) >= 11 is 5.95. The van der Waals surface area contributed by atoms with Crippen LogP contribution in [0.5, 0.6) is 0 Å². The molecule has 0 radical (unpaired) electrons. The first-order valence-electron chi connectivity index (χ1n) is 10.4. The van der Waals surface area contributed by atoms with Crippen LogP contribution < -0.4 is 10.9 Å². The number of methoxy groups -OCH3 is 1. The molecule has 4 aromatic rings. The molecule has 0 spiro atoms. The van der Waals surface area contributed by atoms with Crippen molar-refractivity contribution in [1.29, 1.82) is 0 Å². The Bertz CT molecular complexity index is 1360. The fourth-order valence-corrected chi connectivity index (χ4v) is 3.42. The maximum Gasteiger partial charge on any atom is 0.284 e. The maximum atomic E-state index is 13.1. The second kappa shape index (κ2) is 9.94. The number of benzene rings is 1. The summed E-state index contributed by atoms with van der Waals surface area (Å²) in [6.45, 7) is 2.09. The summed E-state index contributed by atoms with van der Waals surface area (Å²) in [7, 11) is 3.26. The van der Waals surface area contributed by atoms with Crippen LogP contribution >= 0.6 is 11.6 Å². The molecule has 0 unspecified atom stereocenters. The predicted molar refractivity (Wildman–Crippen MR) is 127 cm³/mol. The summed E-state index contributed by atoms with van der Waals surface area (Å²) in [4.78, 5) is 34.9. The molecule has 10 nitrogen and oxygen atoms in total. The number of halogens is 1. The Labute approximate surface area is 200 Å². The SMILES string of the molecule is COC[C@H](C)NC(=O)c1cc(-c2cnc(-c3ccc(Cl)cc3)nc2)nn(-c2cnn(C)c2)c1=O. The Morgan fingerprint density at radius 2 is 1.85 bits per heavy atom. The van der Waals surface area contributed by atoms with E-state index in [0.717, 1.165) is 10.2 Å². The largest absolute Gasteiger partial charge is 0.383 e. The molecule has 34 heavy (non-hydrogen) atoms. The Morgan fingerprint density at radius 1 is 1.15 bits per heavy atom. The van der Waals surface area contributed by atoms with Crippen LogP contribution in [0.25, 0.3) is 28.3 Å². The minimum Gasteiger partial charge on any atom is -0.383 e. The molecule has 0 fully saturated rings. The number of hydrogen-bond donors (Lipinski definition) is 1. The highest BCUT2D eigenvalue weighted by Crippen LogP contribution is 2.21. The van der Waals surface area contributed by atoms with Crippen molar-refractivity contribution in [2.45, 2.75) is 13.0 Å². The molecule has 174 valence electrons. The molecule has 1 N–H and O–H groups in total. The first kappa shape index (κ1) is 23.3. The van der Waals surface area contributed by atoms with Crippen molar-refractivity contribution in [3.05, 3.63) is 76.1 Å². The molecule has 3 heterocycles. The lowest BCUT2D eigenvalue weighted by Gasteiger charge is -2.14. The molecule has 11 heteroatoms. The van der Waals surface area contributed by atoms with Gasteiger partial charge in [0.2, 0.25) is 0 Å². The van der Waals surface area contributed by atoms with Crippen LogP contribution in [-0.2, 0) is 11.8 Å². The Morgan fingerprint density at radius 3 is 2.47 bits per heavy atom. The van der Waals surface area contributed by atoms with E-state index in [2.05, 4.69) is 25.5 Å². The Balaban J connectivity index is 1.76. The quantitative estimate of drug-likeness (QED) is 0.432. The van der Waals surface area contributed by atoms with Gasteiger partial charge in [-0.15, -0.1) is 0 Å². The van der Waals surface area contributed by atoms with Crippen LogP contribution in [-0.4, -0.2) is 55.2 Å². The lowest BCUT2D eigenvalue weighted by Crippen LogP contribution is -2.39. The van der Waals surface area contributed by atoms with E-state index in [0.29, 0.717) is 34.4 Å². The monoisotopic (exact) mass is 479 g/mol. The van der Waals surface area contributed by atoms with Gasteiger partial charge in [0.15, 0.2) is 5.82 Å². The average Bonchev–Trinajstić information content (AvgIpc) is 3.26. The van der Waals surface area contributed by atoms with Crippen molar-refractivity contribution in [3.8, 4) is 28.3 Å². The van der Waals surface area contributed by atoms with Gasteiger partial charge in [-0.05, 0) is 37.3 Å². The minimum absolute atomic E-state index is 0.0708. The molecule has 1 atom stereocenters. The molecule has 4 rings (SSSR count). The van der Waals surface area contributed by atoms with Crippen LogP contribution in [0.15, 0.2) is 59.9 Å². The number of aryl methyl sites for hydroxylation is 1. The van der Waals surface area contributed by atoms with E-state index in [1.165, 1.54) is 19.4 Å². The highest BCUT2D eigenvalue weighted by molar-refractivity contribution is 6.30. The lowest BCUT2D eigenvalue weighted by molar-refractivity contribution is 0.0903. The Hall–Kier alpha value is -3.89. The van der Waals surface area contributed by atoms with E-state index in [1.807, 2.05) is 12.1 Å². The van der Waals surface area contributed by atoms with Gasteiger partial charge in [-0.1, -0.05) is 11.6 Å². The molecule has 0 aliphatic carbocycles. The summed E-state index contributed by atoms with van der Waals surface area (Å²) in [5.74, 6) is -0.0260. The van der Waals surface area contributed by atoms with Gasteiger partial charge < -0.3 is 10.1 Å². The first-order chi connectivity index (χ1) is 16.4. The van der Waals surface area contributed by atoms with E-state index < -0.39 is 11.5 Å². The number of amides is 1. The van der Waals surface area contributed by atoms with Gasteiger partial charge in [-0.2, -0.15) is 14.9 Å². The molecular formula is C23H22ClN7O3. The van der Waals surface area contributed by atoms with Crippen LogP contribution in [0.1, 0.15) is 17.3 Å². The van der Waals surface area contributed by atoms with Crippen molar-refractivity contribution < 1.29 is 9.53 Å². The van der Waals surface area contributed by atoms with Gasteiger partial charge in [-0.25, -0.2) is 9.97 Å². The number of rotatable bonds is 7. The van der Waals surface area contributed by atoms with Gasteiger partial charge in [0.05, 0.1) is 24.7 Å². The van der Waals surface area contributed by atoms with Crippen LogP contribution in [0.2, 0.25) is 5.02 Å². The van der Waals surface area contributed by atoms with E-state index in [1.54, 1.807) is 49.4 Å². The highest BCUT2D eigenvalue weighted by Gasteiger charge is 2.20. The number of carbonyl (C=O) groups is 1. The zero-order valence-electron chi connectivity index (χ0n) is 18.8. The summed E-state index contributed by atoms with van der Waals surface area (Å²) < 4.78 is 7.75. The Kier molecular flexibility index (Phi) is 6.80. The molecule has 1 aromatic carbocycles. The van der Waals surface area contributed by atoms with Gasteiger partial charge in [-0.3, -0.25) is 14.3 Å². The highest BCUT2D eigenvalue weighted by atomic mass is 35.5. The first-order valence-corrected chi connectivity index (χ1v) is 10.7. The van der Waals surface area contributed by atoms with E-state index in [4.69, 9.17) is 16.3 Å². The zero-order valence-corrected chi connectivity index (χ0v) is 19.5. The molecule has 0 aliphatic rings. The molecular weight excluding hydrogens is 458 g/mol. The van der Waals surface area contributed by atoms with Crippen molar-refractivity contribution in [3.63, 3.8) is 0 Å². The van der Waals surface area contributed by atoms with E-state index >= 15 is 0 Å². The van der Waals surface area contributed by atoms with Crippen molar-refractivity contribution >= 4 is 17.5 Å². The van der Waals surface area contributed by atoms with Crippen molar-refractivity contribution in [1.82, 2.24) is 34.8 Å². The number of carbonyl (C=O) groups excluding carboxylic acids is 1. The van der Waals surface area contributed by atoms with Gasteiger partial charge in [0, 0.05) is 48.7 Å². The lowest BCUT2D eigenvalue weighted by atomic mass is 10.1. The molecule has 0 aliphatic heterocycles. The third kappa shape index (κ3) is 5.03. The summed E-state index contributed by atoms with van der Waals surface area (Å²) in [6, 6.07) is 8.31. The number of ether oxygens (including phenoxy) is 1. The van der Waals surface area contributed by atoms with Gasteiger partial charge in [0.25, 0.3) is 11.5 Å². The minimum atomic E-state index is -0.572. The van der Waals surface area contributed by atoms with Gasteiger partial charge in [0.1, 0.15) is 11.3 Å². The molecule has 1 amide bonds. The van der Waals surface area contributed by atoms with Crippen molar-refractivity contribution in [2.24, 2.45) is 7.05 Å². The second-order valence-corrected chi connectivity index (χ2v) is 8.10. The van der Waals surface area contributed by atoms with E-state index in [-0.39, 0.29) is 11.6 Å². The standard InChI is InChI=1S/C23H22ClN7O3/c1-14(13-34-3)28-22(32)19-8-20(29-31(23(19)33)18-11-27-30(2)12-18)16-9-25-21(26-10-16)15-4-6-17(24)7-5-15/h4-12,14H,13H2,1-3H3,(H,28,32)/t14-/m0/s1. The predicted octanol–water partition coefficient (Wildman–Crippen LogP) is 2.51. The maximum absolute atomic E-state index is 13.1.